The second-order valence-electron chi connectivity index (χ2n) is 4.37. The summed E-state index contributed by atoms with van der Waals surface area (Å²) in [6.45, 7) is 0. The first-order chi connectivity index (χ1) is 9.76. The predicted molar refractivity (Wildman–Crippen MR) is 90.9 cm³/mol. The fraction of sp³-hybridized carbons (Fsp3) is 0.143. The Morgan fingerprint density at radius 3 is 2.15 bits per heavy atom. The molecule has 0 unspecified atom stereocenters. The van der Waals surface area contributed by atoms with Gasteiger partial charge in [0.1, 0.15) is 0 Å². The average molecular weight is 319 g/mol. The molecule has 0 fully saturated rings. The van der Waals surface area contributed by atoms with Crippen molar-refractivity contribution in [1.82, 2.24) is 1.85 Å². The summed E-state index contributed by atoms with van der Waals surface area (Å²) in [6.07, 6.45) is 0. The Kier molecular flexibility index (Phi) is 7.26. The maximum atomic E-state index is 2.88. The highest BCUT2D eigenvalue weighted by atomic mass is 27.3. The largest absolute Gasteiger partial charge is 0.570 e. The van der Waals surface area contributed by atoms with Gasteiger partial charge in [-0.3, -0.25) is 0 Å². The molecule has 2 rings (SSSR count). The number of rotatable bonds is 6. The zero-order valence-corrected chi connectivity index (χ0v) is 16.5. The van der Waals surface area contributed by atoms with E-state index in [1.807, 2.05) is 0 Å². The molecule has 5 radical (unpaired) electrons. The van der Waals surface area contributed by atoms with Gasteiger partial charge in [0.15, 0.2) is 0 Å². The van der Waals surface area contributed by atoms with Crippen LogP contribution < -0.4 is 2.87 Å². The molecule has 2 nitrogen and oxygen atoms in total. The lowest BCUT2D eigenvalue weighted by Crippen LogP contribution is -2.43. The Labute approximate surface area is 149 Å². The van der Waals surface area contributed by atoms with Crippen LogP contribution >= 0.6 is 0 Å². The van der Waals surface area contributed by atoms with E-state index in [4.69, 9.17) is 0 Å². The lowest BCUT2D eigenvalue weighted by Gasteiger charge is -2.32. The van der Waals surface area contributed by atoms with Crippen LogP contribution in [0.5, 0.6) is 0 Å². The third kappa shape index (κ3) is 4.41. The molecule has 0 aromatic heterocycles. The Hall–Kier alpha value is 0.330. The Bertz CT molecular complexity index is 536. The average Bonchev–Trinajstić information content (AvgIpc) is 2.53. The molecule has 0 aliphatic rings. The predicted octanol–water partition coefficient (Wildman–Crippen LogP) is 2.41. The van der Waals surface area contributed by atoms with Gasteiger partial charge in [-0.25, -0.2) is 0 Å². The molecule has 0 atom stereocenters. The Morgan fingerprint density at radius 2 is 1.50 bits per heavy atom. The van der Waals surface area contributed by atoms with Crippen molar-refractivity contribution in [2.75, 3.05) is 2.87 Å². The van der Waals surface area contributed by atoms with Crippen LogP contribution in [-0.4, -0.2) is 64.9 Å². The fourth-order valence-electron chi connectivity index (χ4n) is 2.04. The molecule has 0 spiro atoms. The van der Waals surface area contributed by atoms with Crippen LogP contribution in [0.2, 0.25) is 11.6 Å². The van der Waals surface area contributed by atoms with Gasteiger partial charge >= 0.3 is 31.1 Å². The van der Waals surface area contributed by atoms with Gasteiger partial charge in [-0.05, 0) is 17.3 Å². The van der Waals surface area contributed by atoms with Gasteiger partial charge in [0.2, 0.25) is 16.5 Å². The number of anilines is 1. The minimum absolute atomic E-state index is 0.174. The van der Waals surface area contributed by atoms with Gasteiger partial charge in [-0.1, -0.05) is 54.3 Å². The van der Waals surface area contributed by atoms with Crippen LogP contribution in [0.1, 0.15) is 0 Å². The standard InChI is InChI=1S/C12H9N.2CH3.4Al.N/c13-12-9-5-4-8-11(12)10-6-2-1-3-7-10;;;;;;;/h1-9H;2*1H3;;;;;. The van der Waals surface area contributed by atoms with Crippen molar-refractivity contribution in [3.05, 3.63) is 54.6 Å². The van der Waals surface area contributed by atoms with E-state index in [2.05, 4.69) is 87.4 Å². The van der Waals surface area contributed by atoms with E-state index in [0.717, 1.165) is 0 Å². The first kappa shape index (κ1) is 16.7. The minimum Gasteiger partial charge on any atom is -0.570 e. The fourth-order valence-corrected chi connectivity index (χ4v) is 6.49. The molecule has 0 heterocycles. The van der Waals surface area contributed by atoms with Crippen LogP contribution in [0.25, 0.3) is 11.1 Å². The van der Waals surface area contributed by atoms with E-state index in [-0.39, 0.29) is 31.1 Å². The maximum Gasteiger partial charge on any atom is 0.427 e. The first-order valence-electron chi connectivity index (χ1n) is 6.66. The van der Waals surface area contributed by atoms with E-state index in [1.54, 1.807) is 0 Å². The molecule has 0 amide bonds. The molecular formula is C14H15Al4N2. The zero-order valence-electron chi connectivity index (χ0n) is 11.9. The summed E-state index contributed by atoms with van der Waals surface area (Å²) in [4.78, 5) is 0. The quantitative estimate of drug-likeness (QED) is 0.755. The first-order valence-corrected chi connectivity index (χ1v) is 11.5. The van der Waals surface area contributed by atoms with Crippen molar-refractivity contribution in [3.8, 4) is 11.1 Å². The molecule has 2 aromatic rings. The van der Waals surface area contributed by atoms with E-state index >= 15 is 0 Å². The Morgan fingerprint density at radius 1 is 0.850 bits per heavy atom. The van der Waals surface area contributed by atoms with Gasteiger partial charge in [-0.15, -0.1) is 5.79 Å². The Balaban J connectivity index is 2.36. The summed E-state index contributed by atoms with van der Waals surface area (Å²) in [5.41, 5.74) is 4.03. The normalized spacial score (nSPS) is 10.2. The summed E-state index contributed by atoms with van der Waals surface area (Å²) >= 11 is 3.72. The van der Waals surface area contributed by atoms with Gasteiger partial charge < -0.3 is 4.72 Å². The van der Waals surface area contributed by atoms with E-state index in [1.165, 1.54) is 16.8 Å². The molecule has 0 saturated heterocycles. The number of nitrogens with zero attached hydrogens (tertiary/aromatic N) is 2. The van der Waals surface area contributed by atoms with Gasteiger partial charge in [0.25, 0.3) is 15.4 Å². The summed E-state index contributed by atoms with van der Waals surface area (Å²) < 4.78 is 5.02. The summed E-state index contributed by atoms with van der Waals surface area (Å²) in [6, 6.07) is 19.5. The van der Waals surface area contributed by atoms with Crippen LogP contribution in [0.4, 0.5) is 5.69 Å². The zero-order chi connectivity index (χ0) is 14.4. The summed E-state index contributed by atoms with van der Waals surface area (Å²) in [5.74, 6) is 4.60. The van der Waals surface area contributed by atoms with Crippen molar-refractivity contribution < 1.29 is 0 Å². The van der Waals surface area contributed by atoms with Crippen molar-refractivity contribution in [1.29, 1.82) is 0 Å². The van der Waals surface area contributed by atoms with Crippen LogP contribution in [0, 0.1) is 0 Å². The van der Waals surface area contributed by atoms with Crippen molar-refractivity contribution in [2.24, 2.45) is 0 Å². The lowest BCUT2D eigenvalue weighted by atomic mass is 10.0. The van der Waals surface area contributed by atoms with E-state index in [0.29, 0.717) is 15.4 Å². The van der Waals surface area contributed by atoms with Crippen LogP contribution in [-0.2, 0) is 0 Å². The van der Waals surface area contributed by atoms with Crippen LogP contribution in [0.15, 0.2) is 54.6 Å². The third-order valence-electron chi connectivity index (χ3n) is 3.10. The number of benzene rings is 2. The topological polar surface area (TPSA) is 6.48 Å². The SMILES string of the molecule is [CH3][Al][N]([Al])[Al][N]([Al][CH3])c1ccccc1-c1ccccc1. The molecule has 0 N–H and O–H groups in total. The maximum absolute atomic E-state index is 2.88. The second kappa shape index (κ2) is 8.70. The molecule has 0 aliphatic heterocycles. The highest BCUT2D eigenvalue weighted by Crippen LogP contribution is 2.29. The highest BCUT2D eigenvalue weighted by molar-refractivity contribution is 6.70. The molecule has 6 heteroatoms. The van der Waals surface area contributed by atoms with Crippen molar-refractivity contribution in [3.63, 3.8) is 0 Å². The molecule has 93 valence electrons. The van der Waals surface area contributed by atoms with Gasteiger partial charge in [0, 0.05) is 5.56 Å². The molecule has 0 bridgehead atoms. The molecule has 2 aromatic carbocycles. The third-order valence-corrected chi connectivity index (χ3v) is 9.21. The summed E-state index contributed by atoms with van der Waals surface area (Å²) in [7, 11) is 0. The van der Waals surface area contributed by atoms with Gasteiger partial charge in [-0.2, -0.15) is 0 Å². The monoisotopic (exact) mass is 319 g/mol. The second-order valence-corrected chi connectivity index (χ2v) is 10.9. The lowest BCUT2D eigenvalue weighted by molar-refractivity contribution is 1.10. The van der Waals surface area contributed by atoms with Crippen molar-refractivity contribution >= 4 is 68.7 Å². The molecular weight excluding hydrogens is 304 g/mol. The minimum atomic E-state index is 0.174. The molecule has 0 aliphatic carbocycles. The molecule has 20 heavy (non-hydrogen) atoms. The number of hydrogen-bond acceptors (Lipinski definition) is 2. The number of hydrogen-bond donors (Lipinski definition) is 0. The summed E-state index contributed by atoms with van der Waals surface area (Å²) in [5, 5.41) is 0. The van der Waals surface area contributed by atoms with Crippen LogP contribution in [0.3, 0.4) is 0 Å². The van der Waals surface area contributed by atoms with E-state index in [9.17, 15) is 0 Å². The molecule has 0 saturated carbocycles. The van der Waals surface area contributed by atoms with Crippen molar-refractivity contribution in [2.45, 2.75) is 11.6 Å². The smallest absolute Gasteiger partial charge is 0.427 e. The highest BCUT2D eigenvalue weighted by Gasteiger charge is 2.13. The van der Waals surface area contributed by atoms with E-state index < -0.39 is 0 Å². The van der Waals surface area contributed by atoms with Gasteiger partial charge in [0.05, 0.1) is 0 Å². The number of para-hydroxylation sites is 1.